The summed E-state index contributed by atoms with van der Waals surface area (Å²) in [6, 6.07) is 0.222. The lowest BCUT2D eigenvalue weighted by atomic mass is 9.83. The van der Waals surface area contributed by atoms with Crippen molar-refractivity contribution in [2.45, 2.75) is 78.4 Å². The molecule has 1 saturated heterocycles. The summed E-state index contributed by atoms with van der Waals surface area (Å²) >= 11 is 0. The van der Waals surface area contributed by atoms with E-state index in [9.17, 15) is 4.79 Å². The van der Waals surface area contributed by atoms with Gasteiger partial charge in [-0.05, 0) is 37.5 Å². The minimum Gasteiger partial charge on any atom is -0.375 e. The van der Waals surface area contributed by atoms with Crippen molar-refractivity contribution in [2.75, 3.05) is 13.2 Å². The zero-order chi connectivity index (χ0) is 16.1. The van der Waals surface area contributed by atoms with Crippen LogP contribution in [0.2, 0.25) is 0 Å². The van der Waals surface area contributed by atoms with E-state index in [1.165, 1.54) is 0 Å². The van der Waals surface area contributed by atoms with Gasteiger partial charge in [-0.1, -0.05) is 34.6 Å². The molecule has 3 N–H and O–H groups in total. The number of hydrogen-bond acceptors (Lipinski definition) is 3. The minimum atomic E-state index is -0.0921. The maximum Gasteiger partial charge on any atom is 0.224 e. The minimum absolute atomic E-state index is 0.0571. The van der Waals surface area contributed by atoms with Gasteiger partial charge in [-0.25, -0.2) is 0 Å². The van der Waals surface area contributed by atoms with Crippen molar-refractivity contribution in [1.82, 2.24) is 5.32 Å². The van der Waals surface area contributed by atoms with Crippen LogP contribution in [-0.4, -0.2) is 30.7 Å². The molecule has 2 atom stereocenters. The third kappa shape index (κ3) is 5.59. The Bertz CT molecular complexity index is 332. The fraction of sp³-hybridized carbons (Fsp3) is 0.941. The van der Waals surface area contributed by atoms with Crippen molar-refractivity contribution in [3.63, 3.8) is 0 Å². The number of carbonyl (C=O) groups is 1. The van der Waals surface area contributed by atoms with Gasteiger partial charge in [0.1, 0.15) is 0 Å². The van der Waals surface area contributed by atoms with E-state index in [4.69, 9.17) is 10.5 Å². The van der Waals surface area contributed by atoms with Crippen molar-refractivity contribution in [3.05, 3.63) is 0 Å². The number of amides is 1. The summed E-state index contributed by atoms with van der Waals surface area (Å²) in [5.74, 6) is 0.0194. The lowest BCUT2D eigenvalue weighted by Crippen LogP contribution is -2.50. The molecule has 4 nitrogen and oxygen atoms in total. The molecule has 1 aliphatic heterocycles. The van der Waals surface area contributed by atoms with E-state index in [0.717, 1.165) is 38.7 Å². The van der Waals surface area contributed by atoms with Gasteiger partial charge in [-0.15, -0.1) is 0 Å². The number of hydrogen-bond donors (Lipinski definition) is 2. The quantitative estimate of drug-likeness (QED) is 0.792. The Morgan fingerprint density at radius 3 is 2.48 bits per heavy atom. The van der Waals surface area contributed by atoms with E-state index >= 15 is 0 Å². The van der Waals surface area contributed by atoms with Gasteiger partial charge in [-0.2, -0.15) is 0 Å². The predicted octanol–water partition coefficient (Wildman–Crippen LogP) is 2.85. The first-order valence-corrected chi connectivity index (χ1v) is 8.39. The van der Waals surface area contributed by atoms with Crippen molar-refractivity contribution >= 4 is 5.91 Å². The lowest BCUT2D eigenvalue weighted by molar-refractivity contribution is -0.130. The molecule has 0 spiro atoms. The van der Waals surface area contributed by atoms with Gasteiger partial charge in [0.2, 0.25) is 5.91 Å². The first kappa shape index (κ1) is 18.4. The number of carbonyl (C=O) groups excluding carboxylic acids is 1. The molecule has 4 heteroatoms. The fourth-order valence-electron chi connectivity index (χ4n) is 3.24. The molecule has 0 aromatic carbocycles. The van der Waals surface area contributed by atoms with Crippen LogP contribution in [0.25, 0.3) is 0 Å². The summed E-state index contributed by atoms with van der Waals surface area (Å²) in [6.07, 6.45) is 4.64. The highest BCUT2D eigenvalue weighted by atomic mass is 16.5. The highest BCUT2D eigenvalue weighted by molar-refractivity contribution is 5.79. The molecule has 0 bridgehead atoms. The van der Waals surface area contributed by atoms with E-state index in [1.54, 1.807) is 0 Å². The summed E-state index contributed by atoms with van der Waals surface area (Å²) in [7, 11) is 0. The van der Waals surface area contributed by atoms with Crippen molar-refractivity contribution < 1.29 is 9.53 Å². The molecule has 1 aliphatic rings. The van der Waals surface area contributed by atoms with Crippen LogP contribution in [0.15, 0.2) is 0 Å². The maximum absolute atomic E-state index is 12.5. The number of nitrogens with one attached hydrogen (secondary N) is 1. The zero-order valence-corrected chi connectivity index (χ0v) is 14.5. The molecule has 0 saturated carbocycles. The lowest BCUT2D eigenvalue weighted by Gasteiger charge is -2.40. The Kier molecular flexibility index (Phi) is 6.67. The Morgan fingerprint density at radius 1 is 1.38 bits per heavy atom. The SMILES string of the molecule is CCC1(CC)CC(NC(=O)C(CN)CC(C)(C)C)CCO1. The van der Waals surface area contributed by atoms with Crippen molar-refractivity contribution in [1.29, 1.82) is 0 Å². The van der Waals surface area contributed by atoms with Crippen molar-refractivity contribution in [2.24, 2.45) is 17.1 Å². The third-order valence-electron chi connectivity index (χ3n) is 4.64. The average molecular weight is 298 g/mol. The predicted molar refractivity (Wildman–Crippen MR) is 87.0 cm³/mol. The molecule has 124 valence electrons. The zero-order valence-electron chi connectivity index (χ0n) is 14.5. The maximum atomic E-state index is 12.5. The first-order chi connectivity index (χ1) is 9.75. The van der Waals surface area contributed by atoms with Gasteiger partial charge in [0, 0.05) is 19.2 Å². The number of nitrogens with two attached hydrogens (primary N) is 1. The number of ether oxygens (including phenoxy) is 1. The molecule has 0 aromatic heterocycles. The Balaban J connectivity index is 2.60. The Morgan fingerprint density at radius 2 is 2.00 bits per heavy atom. The average Bonchev–Trinajstić information content (AvgIpc) is 2.43. The molecule has 1 rings (SSSR count). The Labute approximate surface area is 130 Å². The Hall–Kier alpha value is -0.610. The smallest absolute Gasteiger partial charge is 0.224 e. The second-order valence-electron chi connectivity index (χ2n) is 7.63. The molecular formula is C17H34N2O2. The van der Waals surface area contributed by atoms with E-state index < -0.39 is 0 Å². The van der Waals surface area contributed by atoms with E-state index in [1.807, 2.05) is 0 Å². The van der Waals surface area contributed by atoms with Crippen LogP contribution in [0.5, 0.6) is 0 Å². The van der Waals surface area contributed by atoms with Gasteiger partial charge in [0.15, 0.2) is 0 Å². The topological polar surface area (TPSA) is 64.4 Å². The largest absolute Gasteiger partial charge is 0.375 e. The molecule has 1 fully saturated rings. The van der Waals surface area contributed by atoms with Crippen LogP contribution in [0.4, 0.5) is 0 Å². The summed E-state index contributed by atoms with van der Waals surface area (Å²) < 4.78 is 5.97. The van der Waals surface area contributed by atoms with Crippen LogP contribution < -0.4 is 11.1 Å². The monoisotopic (exact) mass is 298 g/mol. The van der Waals surface area contributed by atoms with Crippen LogP contribution in [0.3, 0.4) is 0 Å². The summed E-state index contributed by atoms with van der Waals surface area (Å²) in [6.45, 7) is 11.9. The van der Waals surface area contributed by atoms with Crippen LogP contribution in [-0.2, 0) is 9.53 Å². The third-order valence-corrected chi connectivity index (χ3v) is 4.64. The number of rotatable bonds is 6. The van der Waals surface area contributed by atoms with Crippen LogP contribution in [0.1, 0.15) is 66.7 Å². The normalized spacial score (nSPS) is 23.6. The van der Waals surface area contributed by atoms with Crippen LogP contribution >= 0.6 is 0 Å². The van der Waals surface area contributed by atoms with Gasteiger partial charge >= 0.3 is 0 Å². The highest BCUT2D eigenvalue weighted by Gasteiger charge is 2.36. The van der Waals surface area contributed by atoms with Gasteiger partial charge in [0.25, 0.3) is 0 Å². The van der Waals surface area contributed by atoms with E-state index in [2.05, 4.69) is 39.9 Å². The van der Waals surface area contributed by atoms with Crippen LogP contribution in [0, 0.1) is 11.3 Å². The summed E-state index contributed by atoms with van der Waals surface area (Å²) in [4.78, 5) is 12.5. The molecule has 21 heavy (non-hydrogen) atoms. The van der Waals surface area contributed by atoms with Gasteiger partial charge in [0.05, 0.1) is 11.5 Å². The first-order valence-electron chi connectivity index (χ1n) is 8.39. The molecular weight excluding hydrogens is 264 g/mol. The standard InChI is InChI=1S/C17H34N2O2/c1-6-17(7-2)11-14(8-9-21-17)19-15(20)13(12-18)10-16(3,4)5/h13-14H,6-12,18H2,1-5H3,(H,19,20). The van der Waals surface area contributed by atoms with E-state index in [0.29, 0.717) is 6.54 Å². The van der Waals surface area contributed by atoms with Crippen molar-refractivity contribution in [3.8, 4) is 0 Å². The molecule has 1 heterocycles. The summed E-state index contributed by atoms with van der Waals surface area (Å²) in [5, 5.41) is 3.22. The second-order valence-corrected chi connectivity index (χ2v) is 7.63. The fourth-order valence-corrected chi connectivity index (χ4v) is 3.24. The van der Waals surface area contributed by atoms with Gasteiger partial charge in [-0.3, -0.25) is 4.79 Å². The molecule has 2 unspecified atom stereocenters. The molecule has 0 aliphatic carbocycles. The highest BCUT2D eigenvalue weighted by Crippen LogP contribution is 2.32. The summed E-state index contributed by atoms with van der Waals surface area (Å²) in [5.41, 5.74) is 5.87. The molecule has 0 aromatic rings. The van der Waals surface area contributed by atoms with E-state index in [-0.39, 0.29) is 28.9 Å². The van der Waals surface area contributed by atoms with Gasteiger partial charge < -0.3 is 15.8 Å². The molecule has 1 amide bonds. The second kappa shape index (κ2) is 7.59. The molecule has 0 radical (unpaired) electrons.